The van der Waals surface area contributed by atoms with Crippen molar-refractivity contribution in [2.45, 2.75) is 26.2 Å². The van der Waals surface area contributed by atoms with Gasteiger partial charge in [-0.2, -0.15) is 0 Å². The molecule has 1 aliphatic rings. The Labute approximate surface area is 136 Å². The minimum atomic E-state index is -0.149. The molecule has 0 N–H and O–H groups in total. The topological polar surface area (TPSA) is 42.3 Å². The molecule has 0 aliphatic carbocycles. The van der Waals surface area contributed by atoms with Crippen molar-refractivity contribution in [3.8, 4) is 11.3 Å². The van der Waals surface area contributed by atoms with E-state index >= 15 is 0 Å². The standard InChI is InChI=1S/C19H20N2O2/c1-4-18(22)20(3)15-10-8-14(9-11-15)17-12-13(2)16-6-5-7-19(23)21(16)17/h4,8-12H,1,5-7H2,2-3H3. The van der Waals surface area contributed by atoms with Gasteiger partial charge in [-0.1, -0.05) is 18.7 Å². The van der Waals surface area contributed by atoms with Crippen molar-refractivity contribution in [1.29, 1.82) is 0 Å². The predicted octanol–water partition coefficient (Wildman–Crippen LogP) is 3.59. The summed E-state index contributed by atoms with van der Waals surface area (Å²) >= 11 is 0. The van der Waals surface area contributed by atoms with Gasteiger partial charge in [-0.3, -0.25) is 14.2 Å². The summed E-state index contributed by atoms with van der Waals surface area (Å²) in [7, 11) is 1.71. The summed E-state index contributed by atoms with van der Waals surface area (Å²) in [4.78, 5) is 25.5. The number of hydrogen-bond acceptors (Lipinski definition) is 2. The Morgan fingerprint density at radius 2 is 1.96 bits per heavy atom. The van der Waals surface area contributed by atoms with Crippen molar-refractivity contribution in [2.24, 2.45) is 0 Å². The molecule has 1 amide bonds. The zero-order valence-electron chi connectivity index (χ0n) is 13.5. The van der Waals surface area contributed by atoms with Gasteiger partial charge in [-0.25, -0.2) is 0 Å². The van der Waals surface area contributed by atoms with Crippen LogP contribution in [0.1, 0.15) is 28.9 Å². The predicted molar refractivity (Wildman–Crippen MR) is 91.8 cm³/mol. The van der Waals surface area contributed by atoms with Crippen molar-refractivity contribution in [3.05, 3.63) is 54.2 Å². The Balaban J connectivity index is 1.99. The van der Waals surface area contributed by atoms with E-state index in [-0.39, 0.29) is 11.8 Å². The molecular weight excluding hydrogens is 288 g/mol. The van der Waals surface area contributed by atoms with Gasteiger partial charge in [-0.15, -0.1) is 0 Å². The molecule has 1 aromatic carbocycles. The monoisotopic (exact) mass is 308 g/mol. The molecule has 0 saturated heterocycles. The van der Waals surface area contributed by atoms with Crippen LogP contribution in [-0.4, -0.2) is 23.4 Å². The van der Waals surface area contributed by atoms with Crippen LogP contribution in [-0.2, 0) is 11.2 Å². The highest BCUT2D eigenvalue weighted by Crippen LogP contribution is 2.31. The highest BCUT2D eigenvalue weighted by molar-refractivity contribution is 6.00. The van der Waals surface area contributed by atoms with Crippen LogP contribution < -0.4 is 4.90 Å². The second kappa shape index (κ2) is 5.88. The van der Waals surface area contributed by atoms with Crippen LogP contribution in [0.15, 0.2) is 43.0 Å². The summed E-state index contributed by atoms with van der Waals surface area (Å²) in [5.74, 6) is 0.0150. The molecule has 0 saturated carbocycles. The molecule has 0 bridgehead atoms. The Bertz CT molecular complexity index is 784. The molecule has 23 heavy (non-hydrogen) atoms. The molecule has 118 valence electrons. The van der Waals surface area contributed by atoms with Gasteiger partial charge < -0.3 is 4.90 Å². The lowest BCUT2D eigenvalue weighted by atomic mass is 10.1. The maximum absolute atomic E-state index is 12.3. The van der Waals surface area contributed by atoms with Crippen LogP contribution in [0.3, 0.4) is 0 Å². The van der Waals surface area contributed by atoms with E-state index in [2.05, 4.69) is 19.6 Å². The van der Waals surface area contributed by atoms with Crippen molar-refractivity contribution in [1.82, 2.24) is 4.57 Å². The fourth-order valence-corrected chi connectivity index (χ4v) is 3.12. The zero-order valence-corrected chi connectivity index (χ0v) is 13.5. The Morgan fingerprint density at radius 1 is 1.26 bits per heavy atom. The number of carbonyl (C=O) groups is 2. The largest absolute Gasteiger partial charge is 0.312 e. The van der Waals surface area contributed by atoms with Gasteiger partial charge in [0.15, 0.2) is 0 Å². The normalized spacial score (nSPS) is 13.6. The molecule has 2 heterocycles. The molecule has 4 heteroatoms. The van der Waals surface area contributed by atoms with E-state index in [1.165, 1.54) is 6.08 Å². The molecule has 0 fully saturated rings. The van der Waals surface area contributed by atoms with Crippen LogP contribution in [0.25, 0.3) is 11.3 Å². The number of likely N-dealkylation sites (N-methyl/N-ethyl adjacent to an activating group) is 1. The average molecular weight is 308 g/mol. The summed E-state index contributed by atoms with van der Waals surface area (Å²) in [5.41, 5.74) is 5.01. The molecule has 0 unspecified atom stereocenters. The third-order valence-electron chi connectivity index (χ3n) is 4.43. The first kappa shape index (κ1) is 15.3. The van der Waals surface area contributed by atoms with Gasteiger partial charge >= 0.3 is 0 Å². The summed E-state index contributed by atoms with van der Waals surface area (Å²) < 4.78 is 1.85. The second-order valence-electron chi connectivity index (χ2n) is 5.89. The SMILES string of the molecule is C=CC(=O)N(C)c1ccc(-c2cc(C)c3n2C(=O)CCC3)cc1. The fraction of sp³-hybridized carbons (Fsp3) is 0.263. The maximum Gasteiger partial charge on any atom is 0.250 e. The van der Waals surface area contributed by atoms with Gasteiger partial charge in [-0.05, 0) is 55.2 Å². The average Bonchev–Trinajstić information content (AvgIpc) is 2.92. The Hall–Kier alpha value is -2.62. The molecule has 0 spiro atoms. The number of aromatic nitrogens is 1. The van der Waals surface area contributed by atoms with Gasteiger partial charge in [0, 0.05) is 24.8 Å². The lowest BCUT2D eigenvalue weighted by Gasteiger charge is -2.18. The number of fused-ring (bicyclic) bond motifs is 1. The number of nitrogens with zero attached hydrogens (tertiary/aromatic N) is 2. The van der Waals surface area contributed by atoms with E-state index in [1.54, 1.807) is 11.9 Å². The third kappa shape index (κ3) is 2.61. The van der Waals surface area contributed by atoms with Gasteiger partial charge in [0.2, 0.25) is 11.8 Å². The highest BCUT2D eigenvalue weighted by Gasteiger charge is 2.22. The van der Waals surface area contributed by atoms with Gasteiger partial charge in [0.1, 0.15) is 0 Å². The summed E-state index contributed by atoms with van der Waals surface area (Å²) in [6, 6.07) is 9.75. The van der Waals surface area contributed by atoms with E-state index < -0.39 is 0 Å². The number of hydrogen-bond donors (Lipinski definition) is 0. The Morgan fingerprint density at radius 3 is 2.61 bits per heavy atom. The number of amides is 1. The minimum absolute atomic E-state index is 0.149. The van der Waals surface area contributed by atoms with Crippen LogP contribution in [0.2, 0.25) is 0 Å². The molecule has 4 nitrogen and oxygen atoms in total. The highest BCUT2D eigenvalue weighted by atomic mass is 16.2. The van der Waals surface area contributed by atoms with Gasteiger partial charge in [0.25, 0.3) is 0 Å². The third-order valence-corrected chi connectivity index (χ3v) is 4.43. The van der Waals surface area contributed by atoms with Crippen molar-refractivity contribution >= 4 is 17.5 Å². The quantitative estimate of drug-likeness (QED) is 0.813. The lowest BCUT2D eigenvalue weighted by Crippen LogP contribution is -2.23. The number of benzene rings is 1. The number of carbonyl (C=O) groups excluding carboxylic acids is 2. The van der Waals surface area contributed by atoms with E-state index in [0.29, 0.717) is 6.42 Å². The number of aryl methyl sites for hydroxylation is 1. The van der Waals surface area contributed by atoms with E-state index in [9.17, 15) is 9.59 Å². The summed E-state index contributed by atoms with van der Waals surface area (Å²) in [6.07, 6.45) is 3.77. The molecule has 2 aromatic rings. The van der Waals surface area contributed by atoms with Crippen LogP contribution in [0.4, 0.5) is 5.69 Å². The molecular formula is C19H20N2O2. The van der Waals surface area contributed by atoms with Crippen LogP contribution in [0, 0.1) is 6.92 Å². The van der Waals surface area contributed by atoms with Crippen molar-refractivity contribution in [2.75, 3.05) is 11.9 Å². The molecule has 1 aromatic heterocycles. The zero-order chi connectivity index (χ0) is 16.6. The van der Waals surface area contributed by atoms with E-state index in [1.807, 2.05) is 28.8 Å². The number of anilines is 1. The molecule has 3 rings (SSSR count). The number of rotatable bonds is 3. The van der Waals surface area contributed by atoms with E-state index in [0.717, 1.165) is 41.0 Å². The first-order valence-corrected chi connectivity index (χ1v) is 7.78. The summed E-state index contributed by atoms with van der Waals surface area (Å²) in [5, 5.41) is 0. The molecule has 0 atom stereocenters. The van der Waals surface area contributed by atoms with E-state index in [4.69, 9.17) is 0 Å². The molecule has 1 aliphatic heterocycles. The van der Waals surface area contributed by atoms with Crippen LogP contribution >= 0.6 is 0 Å². The smallest absolute Gasteiger partial charge is 0.250 e. The Kier molecular flexibility index (Phi) is 3.90. The fourth-order valence-electron chi connectivity index (χ4n) is 3.12. The first-order chi connectivity index (χ1) is 11.0. The summed E-state index contributed by atoms with van der Waals surface area (Å²) in [6.45, 7) is 5.55. The van der Waals surface area contributed by atoms with Crippen molar-refractivity contribution in [3.63, 3.8) is 0 Å². The molecule has 0 radical (unpaired) electrons. The minimum Gasteiger partial charge on any atom is -0.312 e. The lowest BCUT2D eigenvalue weighted by molar-refractivity contribution is -0.113. The van der Waals surface area contributed by atoms with Gasteiger partial charge in [0.05, 0.1) is 5.69 Å². The van der Waals surface area contributed by atoms with Crippen LogP contribution in [0.5, 0.6) is 0 Å². The van der Waals surface area contributed by atoms with Crippen molar-refractivity contribution < 1.29 is 9.59 Å². The first-order valence-electron chi connectivity index (χ1n) is 7.78. The maximum atomic E-state index is 12.3. The second-order valence-corrected chi connectivity index (χ2v) is 5.89.